The summed E-state index contributed by atoms with van der Waals surface area (Å²) < 4.78 is 5.96. The summed E-state index contributed by atoms with van der Waals surface area (Å²) >= 11 is 4.28. The van der Waals surface area contributed by atoms with E-state index in [0.717, 1.165) is 31.0 Å². The Morgan fingerprint density at radius 1 is 1.24 bits per heavy atom. The Balaban J connectivity index is 2.90. The Hall–Kier alpha value is -0.630. The molecule has 0 atom stereocenters. The maximum Gasteiger partial charge on any atom is 0.125 e. The summed E-state index contributed by atoms with van der Waals surface area (Å²) in [4.78, 5) is 0. The Bertz CT molecular complexity index is 358. The van der Waals surface area contributed by atoms with Crippen molar-refractivity contribution in [2.75, 3.05) is 12.4 Å². The summed E-state index contributed by atoms with van der Waals surface area (Å²) in [6.45, 7) is 9.42. The van der Waals surface area contributed by atoms with Crippen LogP contribution in [0.15, 0.2) is 12.1 Å². The van der Waals surface area contributed by atoms with Gasteiger partial charge in [-0.05, 0) is 49.5 Å². The third kappa shape index (κ3) is 4.63. The second kappa shape index (κ2) is 6.95. The predicted octanol–water partition coefficient (Wildman–Crippen LogP) is 4.20. The average molecular weight is 252 g/mol. The highest BCUT2D eigenvalue weighted by Gasteiger charge is 2.09. The van der Waals surface area contributed by atoms with E-state index < -0.39 is 0 Å². The first kappa shape index (κ1) is 14.4. The Morgan fingerprint density at radius 2 is 1.94 bits per heavy atom. The second-order valence-electron chi connectivity index (χ2n) is 5.10. The van der Waals surface area contributed by atoms with Crippen molar-refractivity contribution in [1.29, 1.82) is 0 Å². The van der Waals surface area contributed by atoms with Crippen LogP contribution in [0.25, 0.3) is 0 Å². The van der Waals surface area contributed by atoms with Crippen molar-refractivity contribution in [3.05, 3.63) is 28.8 Å². The number of thiol groups is 1. The van der Waals surface area contributed by atoms with E-state index in [1.807, 2.05) is 0 Å². The Labute approximate surface area is 111 Å². The van der Waals surface area contributed by atoms with E-state index in [2.05, 4.69) is 52.5 Å². The first-order chi connectivity index (χ1) is 8.04. The molecule has 0 saturated carbocycles. The molecule has 0 radical (unpaired) electrons. The van der Waals surface area contributed by atoms with Gasteiger partial charge in [-0.25, -0.2) is 0 Å². The molecule has 0 spiro atoms. The largest absolute Gasteiger partial charge is 0.493 e. The quantitative estimate of drug-likeness (QED) is 0.747. The molecule has 0 heterocycles. The zero-order valence-corrected chi connectivity index (χ0v) is 12.3. The fraction of sp³-hybridized carbons (Fsp3) is 0.600. The molecular formula is C15H24OS. The number of aryl methyl sites for hydroxylation is 3. The minimum Gasteiger partial charge on any atom is -0.493 e. The number of ether oxygens (including phenoxy) is 1. The fourth-order valence-electron chi connectivity index (χ4n) is 1.95. The summed E-state index contributed by atoms with van der Waals surface area (Å²) in [6.07, 6.45) is 2.16. The molecule has 17 heavy (non-hydrogen) atoms. The van der Waals surface area contributed by atoms with Crippen LogP contribution in [-0.2, 0) is 6.42 Å². The lowest BCUT2D eigenvalue weighted by molar-refractivity contribution is 0.267. The van der Waals surface area contributed by atoms with Crippen LogP contribution in [0.5, 0.6) is 5.75 Å². The van der Waals surface area contributed by atoms with Crippen LogP contribution in [0, 0.1) is 19.8 Å². The minimum absolute atomic E-state index is 0.563. The van der Waals surface area contributed by atoms with E-state index in [9.17, 15) is 0 Å². The van der Waals surface area contributed by atoms with Gasteiger partial charge in [0.25, 0.3) is 0 Å². The molecule has 2 heteroatoms. The standard InChI is InChI=1S/C15H24OS/c1-11(2)10-16-15-13(4)8-12(3)9-14(15)6-5-7-17/h8-9,11,17H,5-7,10H2,1-4H3. The van der Waals surface area contributed by atoms with Gasteiger partial charge in [0, 0.05) is 0 Å². The third-order valence-corrected chi connectivity index (χ3v) is 2.98. The lowest BCUT2D eigenvalue weighted by atomic mass is 10.0. The summed E-state index contributed by atoms with van der Waals surface area (Å²) in [6, 6.07) is 4.44. The lowest BCUT2D eigenvalue weighted by Crippen LogP contribution is -2.08. The lowest BCUT2D eigenvalue weighted by Gasteiger charge is -2.16. The zero-order valence-electron chi connectivity index (χ0n) is 11.4. The van der Waals surface area contributed by atoms with Gasteiger partial charge in [0.1, 0.15) is 5.75 Å². The molecule has 0 amide bonds. The van der Waals surface area contributed by atoms with Crippen LogP contribution in [0.3, 0.4) is 0 Å². The monoisotopic (exact) mass is 252 g/mol. The van der Waals surface area contributed by atoms with Gasteiger partial charge in [0.15, 0.2) is 0 Å². The first-order valence-electron chi connectivity index (χ1n) is 6.38. The third-order valence-electron chi connectivity index (χ3n) is 2.66. The molecule has 1 aromatic rings. The van der Waals surface area contributed by atoms with E-state index in [1.54, 1.807) is 0 Å². The molecule has 1 nitrogen and oxygen atoms in total. The zero-order chi connectivity index (χ0) is 12.8. The molecule has 1 rings (SSSR count). The van der Waals surface area contributed by atoms with Crippen molar-refractivity contribution >= 4 is 12.6 Å². The molecule has 1 aromatic carbocycles. The van der Waals surface area contributed by atoms with Gasteiger partial charge in [0.2, 0.25) is 0 Å². The van der Waals surface area contributed by atoms with Crippen molar-refractivity contribution < 1.29 is 4.74 Å². The molecule has 0 aliphatic rings. The Morgan fingerprint density at radius 3 is 2.53 bits per heavy atom. The molecule has 0 fully saturated rings. The van der Waals surface area contributed by atoms with Gasteiger partial charge >= 0.3 is 0 Å². The van der Waals surface area contributed by atoms with E-state index in [0.29, 0.717) is 5.92 Å². The summed E-state index contributed by atoms with van der Waals surface area (Å²) in [7, 11) is 0. The average Bonchev–Trinajstić information content (AvgIpc) is 2.24. The van der Waals surface area contributed by atoms with E-state index in [-0.39, 0.29) is 0 Å². The van der Waals surface area contributed by atoms with Gasteiger partial charge < -0.3 is 4.74 Å². The van der Waals surface area contributed by atoms with Crippen LogP contribution in [0.1, 0.15) is 37.0 Å². The van der Waals surface area contributed by atoms with Crippen molar-refractivity contribution in [3.63, 3.8) is 0 Å². The second-order valence-corrected chi connectivity index (χ2v) is 5.55. The van der Waals surface area contributed by atoms with Crippen molar-refractivity contribution in [2.45, 2.75) is 40.5 Å². The molecule has 0 bridgehead atoms. The number of rotatable bonds is 6. The highest BCUT2D eigenvalue weighted by atomic mass is 32.1. The number of benzene rings is 1. The molecule has 0 aromatic heterocycles. The highest BCUT2D eigenvalue weighted by Crippen LogP contribution is 2.27. The van der Waals surface area contributed by atoms with Gasteiger partial charge in [-0.3, -0.25) is 0 Å². The molecule has 0 aliphatic carbocycles. The summed E-state index contributed by atoms with van der Waals surface area (Å²) in [5.74, 6) is 2.58. The van der Waals surface area contributed by atoms with Crippen LogP contribution in [0.4, 0.5) is 0 Å². The van der Waals surface area contributed by atoms with Gasteiger partial charge in [-0.2, -0.15) is 12.6 Å². The summed E-state index contributed by atoms with van der Waals surface area (Å²) in [5, 5.41) is 0. The van der Waals surface area contributed by atoms with Crippen LogP contribution in [-0.4, -0.2) is 12.4 Å². The molecular weight excluding hydrogens is 228 g/mol. The topological polar surface area (TPSA) is 9.23 Å². The number of hydrogen-bond donors (Lipinski definition) is 1. The smallest absolute Gasteiger partial charge is 0.125 e. The fourth-order valence-corrected chi connectivity index (χ4v) is 2.11. The van der Waals surface area contributed by atoms with E-state index in [4.69, 9.17) is 4.74 Å². The highest BCUT2D eigenvalue weighted by molar-refractivity contribution is 7.80. The van der Waals surface area contributed by atoms with Crippen molar-refractivity contribution in [2.24, 2.45) is 5.92 Å². The van der Waals surface area contributed by atoms with Gasteiger partial charge in [0.05, 0.1) is 6.61 Å². The van der Waals surface area contributed by atoms with Crippen LogP contribution >= 0.6 is 12.6 Å². The van der Waals surface area contributed by atoms with E-state index in [1.165, 1.54) is 16.7 Å². The van der Waals surface area contributed by atoms with Crippen LogP contribution < -0.4 is 4.74 Å². The molecule has 0 N–H and O–H groups in total. The van der Waals surface area contributed by atoms with Crippen molar-refractivity contribution in [3.8, 4) is 5.75 Å². The maximum atomic E-state index is 5.96. The maximum absolute atomic E-state index is 5.96. The molecule has 0 aliphatic heterocycles. The molecule has 96 valence electrons. The van der Waals surface area contributed by atoms with Gasteiger partial charge in [-0.15, -0.1) is 0 Å². The number of hydrogen-bond acceptors (Lipinski definition) is 2. The first-order valence-corrected chi connectivity index (χ1v) is 7.01. The van der Waals surface area contributed by atoms with Crippen molar-refractivity contribution in [1.82, 2.24) is 0 Å². The Kier molecular flexibility index (Phi) is 5.90. The summed E-state index contributed by atoms with van der Waals surface area (Å²) in [5.41, 5.74) is 3.89. The normalized spacial score (nSPS) is 10.9. The van der Waals surface area contributed by atoms with Gasteiger partial charge in [-0.1, -0.05) is 31.5 Å². The SMILES string of the molecule is Cc1cc(C)c(OCC(C)C)c(CCCS)c1. The van der Waals surface area contributed by atoms with Crippen LogP contribution in [0.2, 0.25) is 0 Å². The van der Waals surface area contributed by atoms with E-state index >= 15 is 0 Å². The predicted molar refractivity (Wildman–Crippen MR) is 78.4 cm³/mol. The molecule has 0 saturated heterocycles. The molecule has 0 unspecified atom stereocenters. The minimum atomic E-state index is 0.563.